The molecular formula is C24H30O3. The molecule has 0 aliphatic heterocycles. The second-order valence-electron chi connectivity index (χ2n) is 6.94. The Morgan fingerprint density at radius 2 is 1.19 bits per heavy atom. The van der Waals surface area contributed by atoms with Gasteiger partial charge in [0.1, 0.15) is 0 Å². The Morgan fingerprint density at radius 3 is 1.63 bits per heavy atom. The van der Waals surface area contributed by atoms with Crippen molar-refractivity contribution in [3.05, 3.63) is 71.8 Å². The summed E-state index contributed by atoms with van der Waals surface area (Å²) in [5.41, 5.74) is -0.447. The zero-order chi connectivity index (χ0) is 19.5. The van der Waals surface area contributed by atoms with Crippen molar-refractivity contribution in [3.8, 4) is 0 Å². The van der Waals surface area contributed by atoms with Crippen LogP contribution in [0.5, 0.6) is 0 Å². The number of ether oxygens (including phenoxy) is 1. The molecule has 0 saturated carbocycles. The number of benzene rings is 2. The molecule has 0 heterocycles. The molecule has 0 bridgehead atoms. The monoisotopic (exact) mass is 366 g/mol. The molecule has 0 aromatic heterocycles. The first-order chi connectivity index (χ1) is 13.2. The maximum atomic E-state index is 13.3. The Kier molecular flexibility index (Phi) is 8.41. The highest BCUT2D eigenvalue weighted by molar-refractivity contribution is 6.22. The average molecular weight is 367 g/mol. The summed E-state index contributed by atoms with van der Waals surface area (Å²) in [5, 5.41) is 0. The first-order valence-electron chi connectivity index (χ1n) is 9.90. The van der Waals surface area contributed by atoms with E-state index in [0.29, 0.717) is 17.5 Å². The van der Waals surface area contributed by atoms with Crippen LogP contribution in [-0.4, -0.2) is 24.3 Å². The van der Waals surface area contributed by atoms with E-state index in [9.17, 15) is 9.59 Å². The Hall–Kier alpha value is -2.26. The topological polar surface area (TPSA) is 43.4 Å². The maximum absolute atomic E-state index is 13.3. The zero-order valence-corrected chi connectivity index (χ0v) is 16.4. The Morgan fingerprint density at radius 1 is 0.741 bits per heavy atom. The number of hydrogen-bond acceptors (Lipinski definition) is 3. The van der Waals surface area contributed by atoms with Gasteiger partial charge in [-0.15, -0.1) is 0 Å². The van der Waals surface area contributed by atoms with E-state index in [2.05, 4.69) is 6.92 Å². The Bertz CT molecular complexity index is 655. The average Bonchev–Trinajstić information content (AvgIpc) is 2.74. The van der Waals surface area contributed by atoms with Crippen LogP contribution in [0.2, 0.25) is 0 Å². The van der Waals surface area contributed by atoms with Crippen LogP contribution in [0.25, 0.3) is 0 Å². The van der Waals surface area contributed by atoms with Gasteiger partial charge in [-0.05, 0) is 12.8 Å². The minimum absolute atomic E-state index is 0.256. The number of ketones is 2. The highest BCUT2D eigenvalue weighted by Crippen LogP contribution is 2.29. The van der Waals surface area contributed by atoms with E-state index in [1.54, 1.807) is 24.3 Å². The largest absolute Gasteiger partial charge is 0.362 e. The number of methoxy groups -OCH3 is 1. The standard InChI is InChI=1S/C24H30O3/c1-3-4-5-6-7-14-19-24(27-2,22(25)20-15-10-8-11-16-20)23(26)21-17-12-9-13-18-21/h8-13,15-18H,3-7,14,19H2,1-2H3. The van der Waals surface area contributed by atoms with Crippen LogP contribution in [0.1, 0.15) is 72.6 Å². The Labute approximate surface area is 162 Å². The van der Waals surface area contributed by atoms with Gasteiger partial charge in [0, 0.05) is 18.2 Å². The van der Waals surface area contributed by atoms with E-state index in [4.69, 9.17) is 4.74 Å². The molecule has 0 fully saturated rings. The van der Waals surface area contributed by atoms with Crippen molar-refractivity contribution in [1.82, 2.24) is 0 Å². The van der Waals surface area contributed by atoms with Crippen LogP contribution in [0.4, 0.5) is 0 Å². The first kappa shape index (κ1) is 21.0. The van der Waals surface area contributed by atoms with Crippen LogP contribution in [0.15, 0.2) is 60.7 Å². The van der Waals surface area contributed by atoms with Crippen molar-refractivity contribution in [2.75, 3.05) is 7.11 Å². The highest BCUT2D eigenvalue weighted by atomic mass is 16.5. The lowest BCUT2D eigenvalue weighted by Crippen LogP contribution is -2.48. The molecule has 2 aromatic carbocycles. The van der Waals surface area contributed by atoms with Crippen LogP contribution in [0.3, 0.4) is 0 Å². The predicted molar refractivity (Wildman–Crippen MR) is 109 cm³/mol. The smallest absolute Gasteiger partial charge is 0.202 e. The molecule has 0 atom stereocenters. The molecule has 0 radical (unpaired) electrons. The van der Waals surface area contributed by atoms with E-state index >= 15 is 0 Å². The minimum Gasteiger partial charge on any atom is -0.362 e. The number of carbonyl (C=O) groups is 2. The number of hydrogen-bond donors (Lipinski definition) is 0. The van der Waals surface area contributed by atoms with Gasteiger partial charge < -0.3 is 4.74 Å². The van der Waals surface area contributed by atoms with Crippen LogP contribution < -0.4 is 0 Å². The van der Waals surface area contributed by atoms with Gasteiger partial charge in [-0.1, -0.05) is 99.7 Å². The lowest BCUT2D eigenvalue weighted by atomic mass is 9.81. The van der Waals surface area contributed by atoms with Gasteiger partial charge in [0.25, 0.3) is 0 Å². The van der Waals surface area contributed by atoms with Crippen molar-refractivity contribution >= 4 is 11.6 Å². The van der Waals surface area contributed by atoms with Crippen molar-refractivity contribution in [2.45, 2.75) is 57.5 Å². The van der Waals surface area contributed by atoms with Gasteiger partial charge in [0.2, 0.25) is 11.6 Å². The molecule has 0 aliphatic carbocycles. The summed E-state index contributed by atoms with van der Waals surface area (Å²) in [5.74, 6) is -0.513. The van der Waals surface area contributed by atoms with Gasteiger partial charge in [-0.2, -0.15) is 0 Å². The van der Waals surface area contributed by atoms with Crippen LogP contribution >= 0.6 is 0 Å². The number of rotatable bonds is 12. The fourth-order valence-electron chi connectivity index (χ4n) is 3.42. The maximum Gasteiger partial charge on any atom is 0.202 e. The Balaban J connectivity index is 2.25. The third kappa shape index (κ3) is 5.36. The molecule has 0 N–H and O–H groups in total. The number of Topliss-reactive ketones (excluding diaryl/α,β-unsaturated/α-hetero) is 2. The molecule has 0 amide bonds. The van der Waals surface area contributed by atoms with Crippen LogP contribution in [-0.2, 0) is 4.74 Å². The fourth-order valence-corrected chi connectivity index (χ4v) is 3.42. The predicted octanol–water partition coefficient (Wildman–Crippen LogP) is 5.89. The van der Waals surface area contributed by atoms with Gasteiger partial charge >= 0.3 is 0 Å². The molecule has 0 saturated heterocycles. The minimum atomic E-state index is -1.46. The normalized spacial score (nSPS) is 11.3. The third-order valence-corrected chi connectivity index (χ3v) is 5.04. The van der Waals surface area contributed by atoms with E-state index < -0.39 is 5.60 Å². The van der Waals surface area contributed by atoms with E-state index in [1.165, 1.54) is 26.4 Å². The molecule has 3 heteroatoms. The molecule has 3 nitrogen and oxygen atoms in total. The van der Waals surface area contributed by atoms with Crippen molar-refractivity contribution in [3.63, 3.8) is 0 Å². The van der Waals surface area contributed by atoms with Gasteiger partial charge in [-0.25, -0.2) is 0 Å². The number of unbranched alkanes of at least 4 members (excludes halogenated alkanes) is 5. The summed E-state index contributed by atoms with van der Waals surface area (Å²) in [6.45, 7) is 2.19. The van der Waals surface area contributed by atoms with Gasteiger partial charge in [0.15, 0.2) is 5.60 Å². The summed E-state index contributed by atoms with van der Waals surface area (Å²) in [7, 11) is 1.47. The second-order valence-corrected chi connectivity index (χ2v) is 6.94. The zero-order valence-electron chi connectivity index (χ0n) is 16.4. The van der Waals surface area contributed by atoms with Gasteiger partial charge in [0.05, 0.1) is 0 Å². The van der Waals surface area contributed by atoms with Gasteiger partial charge in [-0.3, -0.25) is 9.59 Å². The lowest BCUT2D eigenvalue weighted by Gasteiger charge is -2.30. The first-order valence-corrected chi connectivity index (χ1v) is 9.90. The molecule has 0 spiro atoms. The third-order valence-electron chi connectivity index (χ3n) is 5.04. The summed E-state index contributed by atoms with van der Waals surface area (Å²) in [4.78, 5) is 26.7. The highest BCUT2D eigenvalue weighted by Gasteiger charge is 2.46. The van der Waals surface area contributed by atoms with Crippen molar-refractivity contribution in [2.24, 2.45) is 0 Å². The molecule has 0 aliphatic rings. The molecule has 2 aromatic rings. The fraction of sp³-hybridized carbons (Fsp3) is 0.417. The quantitative estimate of drug-likeness (QED) is 0.267. The molecule has 144 valence electrons. The lowest BCUT2D eigenvalue weighted by molar-refractivity contribution is 0.00364. The SMILES string of the molecule is CCCCCCCCC(OC)(C(=O)c1ccccc1)C(=O)c1ccccc1. The molecular weight excluding hydrogens is 336 g/mol. The van der Waals surface area contributed by atoms with Crippen molar-refractivity contribution in [1.29, 1.82) is 0 Å². The second kappa shape index (κ2) is 10.8. The van der Waals surface area contributed by atoms with E-state index in [-0.39, 0.29) is 11.6 Å². The van der Waals surface area contributed by atoms with E-state index in [1.807, 2.05) is 36.4 Å². The summed E-state index contributed by atoms with van der Waals surface area (Å²) in [6, 6.07) is 17.9. The molecule has 27 heavy (non-hydrogen) atoms. The molecule has 2 rings (SSSR count). The summed E-state index contributed by atoms with van der Waals surface area (Å²) >= 11 is 0. The summed E-state index contributed by atoms with van der Waals surface area (Å²) in [6.07, 6.45) is 6.91. The summed E-state index contributed by atoms with van der Waals surface area (Å²) < 4.78 is 5.70. The molecule has 0 unspecified atom stereocenters. The van der Waals surface area contributed by atoms with Crippen LogP contribution in [0, 0.1) is 0 Å². The number of carbonyl (C=O) groups excluding carboxylic acids is 2. The van der Waals surface area contributed by atoms with Crippen molar-refractivity contribution < 1.29 is 14.3 Å². The van der Waals surface area contributed by atoms with E-state index in [0.717, 1.165) is 19.3 Å².